The van der Waals surface area contributed by atoms with Crippen molar-refractivity contribution in [2.24, 2.45) is 5.92 Å². The summed E-state index contributed by atoms with van der Waals surface area (Å²) in [5.41, 5.74) is 0.362. The zero-order chi connectivity index (χ0) is 15.0. The van der Waals surface area contributed by atoms with Crippen LogP contribution >= 0.6 is 10.7 Å². The summed E-state index contributed by atoms with van der Waals surface area (Å²) >= 11 is 0. The van der Waals surface area contributed by atoms with E-state index in [2.05, 4.69) is 15.5 Å². The predicted molar refractivity (Wildman–Crippen MR) is 77.9 cm³/mol. The van der Waals surface area contributed by atoms with E-state index in [0.717, 1.165) is 25.7 Å². The number of hydrogen-bond donors (Lipinski definition) is 2. The summed E-state index contributed by atoms with van der Waals surface area (Å²) in [6.45, 7) is 0.562. The van der Waals surface area contributed by atoms with Gasteiger partial charge in [-0.2, -0.15) is 5.10 Å². The van der Waals surface area contributed by atoms with Crippen LogP contribution in [0, 0.1) is 5.92 Å². The van der Waals surface area contributed by atoms with Crippen molar-refractivity contribution in [2.45, 2.75) is 49.3 Å². The van der Waals surface area contributed by atoms with Crippen molar-refractivity contribution in [3.05, 3.63) is 11.4 Å². The van der Waals surface area contributed by atoms with Crippen LogP contribution in [0.5, 0.6) is 0 Å². The number of aromatic nitrogens is 2. The minimum absolute atomic E-state index is 0.107. The molecule has 2 N–H and O–H groups in total. The SMILES string of the molecule is O=C(NCC1CCCC1)c1n[nH]c(C2CC2)c1S(=O)(=O)Cl. The van der Waals surface area contributed by atoms with E-state index in [-0.39, 0.29) is 16.5 Å². The number of nitrogens with one attached hydrogen (secondary N) is 2. The van der Waals surface area contributed by atoms with Crippen molar-refractivity contribution in [1.82, 2.24) is 15.5 Å². The summed E-state index contributed by atoms with van der Waals surface area (Å²) in [4.78, 5) is 12.1. The van der Waals surface area contributed by atoms with E-state index in [1.807, 2.05) is 0 Å². The Morgan fingerprint density at radius 1 is 1.29 bits per heavy atom. The maximum absolute atomic E-state index is 12.2. The van der Waals surface area contributed by atoms with Gasteiger partial charge in [-0.25, -0.2) is 8.42 Å². The second-order valence-corrected chi connectivity index (χ2v) is 8.39. The lowest BCUT2D eigenvalue weighted by molar-refractivity contribution is 0.0939. The fourth-order valence-corrected chi connectivity index (χ4v) is 4.24. The molecule has 8 heteroatoms. The Kier molecular flexibility index (Phi) is 3.96. The molecule has 0 unspecified atom stereocenters. The van der Waals surface area contributed by atoms with Gasteiger partial charge in [-0.05, 0) is 31.6 Å². The van der Waals surface area contributed by atoms with Gasteiger partial charge in [0.1, 0.15) is 4.90 Å². The van der Waals surface area contributed by atoms with Crippen LogP contribution in [-0.4, -0.2) is 31.1 Å². The summed E-state index contributed by atoms with van der Waals surface area (Å²) in [5, 5.41) is 9.35. The Bertz CT molecular complexity index is 646. The molecule has 1 amide bonds. The molecule has 2 saturated carbocycles. The number of nitrogens with zero attached hydrogens (tertiary/aromatic N) is 1. The van der Waals surface area contributed by atoms with E-state index >= 15 is 0 Å². The lowest BCUT2D eigenvalue weighted by Crippen LogP contribution is -2.29. The van der Waals surface area contributed by atoms with Gasteiger partial charge in [-0.3, -0.25) is 9.89 Å². The number of amides is 1. The van der Waals surface area contributed by atoms with Gasteiger partial charge in [-0.15, -0.1) is 0 Å². The Morgan fingerprint density at radius 3 is 2.52 bits per heavy atom. The average molecular weight is 332 g/mol. The molecule has 2 aliphatic carbocycles. The number of aromatic amines is 1. The van der Waals surface area contributed by atoms with Crippen LogP contribution in [0.25, 0.3) is 0 Å². The average Bonchev–Trinajstić information content (AvgIpc) is 2.96. The highest BCUT2D eigenvalue weighted by molar-refractivity contribution is 8.13. The first kappa shape index (κ1) is 14.8. The van der Waals surface area contributed by atoms with E-state index in [9.17, 15) is 13.2 Å². The molecule has 6 nitrogen and oxygen atoms in total. The summed E-state index contributed by atoms with van der Waals surface area (Å²) in [6, 6.07) is 0. The van der Waals surface area contributed by atoms with Gasteiger partial charge in [-0.1, -0.05) is 12.8 Å². The lowest BCUT2D eigenvalue weighted by atomic mass is 10.1. The molecule has 2 fully saturated rings. The van der Waals surface area contributed by atoms with Crippen LogP contribution < -0.4 is 5.32 Å². The molecule has 1 aromatic heterocycles. The first-order valence-electron chi connectivity index (χ1n) is 7.28. The Labute approximate surface area is 128 Å². The first-order valence-corrected chi connectivity index (χ1v) is 9.59. The largest absolute Gasteiger partial charge is 0.350 e. The smallest absolute Gasteiger partial charge is 0.273 e. The van der Waals surface area contributed by atoms with Gasteiger partial charge >= 0.3 is 0 Å². The van der Waals surface area contributed by atoms with Crippen LogP contribution in [0.2, 0.25) is 0 Å². The number of carbonyl (C=O) groups excluding carboxylic acids is 1. The molecule has 0 atom stereocenters. The first-order chi connectivity index (χ1) is 9.97. The van der Waals surface area contributed by atoms with Crippen molar-refractivity contribution in [2.75, 3.05) is 6.54 Å². The Morgan fingerprint density at radius 2 is 1.95 bits per heavy atom. The van der Waals surface area contributed by atoms with Crippen LogP contribution in [0.15, 0.2) is 4.90 Å². The topological polar surface area (TPSA) is 91.9 Å². The summed E-state index contributed by atoms with van der Waals surface area (Å²) in [7, 11) is 1.50. The standard InChI is InChI=1S/C13H18ClN3O3S/c14-21(19,20)12-10(9-5-6-9)16-17-11(12)13(18)15-7-8-3-1-2-4-8/h8-9H,1-7H2,(H,15,18)(H,16,17). The molecule has 0 aromatic carbocycles. The Balaban J connectivity index is 1.79. The van der Waals surface area contributed by atoms with Crippen molar-refractivity contribution in [1.29, 1.82) is 0 Å². The van der Waals surface area contributed by atoms with Gasteiger partial charge in [0.25, 0.3) is 15.0 Å². The number of carbonyl (C=O) groups is 1. The minimum Gasteiger partial charge on any atom is -0.350 e. The van der Waals surface area contributed by atoms with Crippen LogP contribution in [0.4, 0.5) is 0 Å². The quantitative estimate of drug-likeness (QED) is 0.808. The van der Waals surface area contributed by atoms with E-state index in [0.29, 0.717) is 18.2 Å². The fraction of sp³-hybridized carbons (Fsp3) is 0.692. The van der Waals surface area contributed by atoms with Gasteiger partial charge in [0.05, 0.1) is 5.69 Å². The summed E-state index contributed by atoms with van der Waals surface area (Å²) < 4.78 is 23.5. The summed E-state index contributed by atoms with van der Waals surface area (Å²) in [6.07, 6.45) is 6.38. The molecule has 0 bridgehead atoms. The molecule has 1 heterocycles. The minimum atomic E-state index is -3.99. The third-order valence-corrected chi connectivity index (χ3v) is 5.58. The van der Waals surface area contributed by atoms with E-state index < -0.39 is 15.0 Å². The van der Waals surface area contributed by atoms with Gasteiger partial charge in [0, 0.05) is 23.1 Å². The third-order valence-electron chi connectivity index (χ3n) is 4.22. The molecular formula is C13H18ClN3O3S. The second-order valence-electron chi connectivity index (χ2n) is 5.89. The molecule has 3 rings (SSSR count). The van der Waals surface area contributed by atoms with Crippen molar-refractivity contribution >= 4 is 25.6 Å². The highest BCUT2D eigenvalue weighted by Gasteiger charge is 2.36. The molecule has 0 aliphatic heterocycles. The van der Waals surface area contributed by atoms with E-state index in [4.69, 9.17) is 10.7 Å². The highest BCUT2D eigenvalue weighted by Crippen LogP contribution is 2.43. The zero-order valence-electron chi connectivity index (χ0n) is 11.6. The number of H-pyrrole nitrogens is 1. The van der Waals surface area contributed by atoms with Crippen LogP contribution in [0.3, 0.4) is 0 Å². The summed E-state index contributed by atoms with van der Waals surface area (Å²) in [5.74, 6) is 0.133. The molecule has 21 heavy (non-hydrogen) atoms. The third kappa shape index (κ3) is 3.23. The van der Waals surface area contributed by atoms with Crippen LogP contribution in [0.1, 0.15) is 60.6 Å². The van der Waals surface area contributed by atoms with Gasteiger partial charge in [0.2, 0.25) is 0 Å². The highest BCUT2D eigenvalue weighted by atomic mass is 35.7. The molecular weight excluding hydrogens is 314 g/mol. The Hall–Kier alpha value is -1.08. The van der Waals surface area contributed by atoms with E-state index in [1.165, 1.54) is 12.8 Å². The number of hydrogen-bond acceptors (Lipinski definition) is 4. The van der Waals surface area contributed by atoms with E-state index in [1.54, 1.807) is 0 Å². The van der Waals surface area contributed by atoms with Crippen LogP contribution in [-0.2, 0) is 9.05 Å². The fourth-order valence-electron chi connectivity index (χ4n) is 2.93. The molecule has 2 aliphatic rings. The number of rotatable bonds is 5. The lowest BCUT2D eigenvalue weighted by Gasteiger charge is -2.09. The maximum Gasteiger partial charge on any atom is 0.273 e. The molecule has 0 radical (unpaired) electrons. The van der Waals surface area contributed by atoms with Gasteiger partial charge < -0.3 is 5.32 Å². The second kappa shape index (κ2) is 5.61. The number of halogens is 1. The van der Waals surface area contributed by atoms with Crippen molar-refractivity contribution in [3.8, 4) is 0 Å². The van der Waals surface area contributed by atoms with Crippen molar-refractivity contribution in [3.63, 3.8) is 0 Å². The normalized spacial score (nSPS) is 19.9. The monoisotopic (exact) mass is 331 g/mol. The zero-order valence-corrected chi connectivity index (χ0v) is 13.1. The molecule has 0 spiro atoms. The molecule has 0 saturated heterocycles. The molecule has 116 valence electrons. The molecule has 1 aromatic rings. The predicted octanol–water partition coefficient (Wildman–Crippen LogP) is 2.13. The van der Waals surface area contributed by atoms with Crippen molar-refractivity contribution < 1.29 is 13.2 Å². The van der Waals surface area contributed by atoms with Gasteiger partial charge in [0.15, 0.2) is 5.69 Å². The maximum atomic E-state index is 12.2.